The molecule has 0 atom stereocenters. The molecule has 8 aromatic carbocycles. The first-order valence-corrected chi connectivity index (χ1v) is 17.5. The van der Waals surface area contributed by atoms with E-state index in [0.29, 0.717) is 0 Å². The molecular weight excluding hydrogens is 619 g/mol. The number of anilines is 3. The molecule has 0 saturated carbocycles. The Balaban J connectivity index is 1.26. The fourth-order valence-electron chi connectivity index (χ4n) is 8.45. The van der Waals surface area contributed by atoms with Gasteiger partial charge in [0.25, 0.3) is 0 Å². The van der Waals surface area contributed by atoms with Gasteiger partial charge in [0.2, 0.25) is 0 Å². The topological polar surface area (TPSA) is 13.1 Å². The first kappa shape index (κ1) is 28.0. The van der Waals surface area contributed by atoms with Crippen LogP contribution < -0.4 is 4.90 Å². The van der Waals surface area contributed by atoms with E-state index in [2.05, 4.69) is 202 Å². The Kier molecular flexibility index (Phi) is 5.96. The highest BCUT2D eigenvalue weighted by molar-refractivity contribution is 6.28. The summed E-state index contributed by atoms with van der Waals surface area (Å²) in [5.74, 6) is 0. The van der Waals surface area contributed by atoms with Gasteiger partial charge in [0.1, 0.15) is 0 Å². The van der Waals surface area contributed by atoms with Gasteiger partial charge in [-0.05, 0) is 82.9 Å². The van der Waals surface area contributed by atoms with E-state index in [1.165, 1.54) is 77.2 Å². The number of benzene rings is 8. The monoisotopic (exact) mass is 649 g/mol. The molecule has 10 aromatic rings. The van der Waals surface area contributed by atoms with Crippen LogP contribution in [0.1, 0.15) is 0 Å². The van der Waals surface area contributed by atoms with E-state index < -0.39 is 0 Å². The van der Waals surface area contributed by atoms with Crippen molar-refractivity contribution < 1.29 is 0 Å². The van der Waals surface area contributed by atoms with Gasteiger partial charge in [-0.1, -0.05) is 127 Å². The SMILES string of the molecule is c1ccc(-c2cc(-c3ccccc3)cc(N3c4ccccc4-n4c5ccc6c7ccccc7n(-c7ccccc7)c6c5c5cccc3c54)c2)cc1. The molecule has 0 fully saturated rings. The molecule has 3 nitrogen and oxygen atoms in total. The summed E-state index contributed by atoms with van der Waals surface area (Å²) in [5, 5.41) is 5.04. The molecule has 0 bridgehead atoms. The van der Waals surface area contributed by atoms with Crippen LogP contribution >= 0.6 is 0 Å². The van der Waals surface area contributed by atoms with Crippen molar-refractivity contribution in [2.24, 2.45) is 0 Å². The van der Waals surface area contributed by atoms with Gasteiger partial charge in [0.05, 0.1) is 39.1 Å². The number of rotatable bonds is 4. The fourth-order valence-corrected chi connectivity index (χ4v) is 8.45. The van der Waals surface area contributed by atoms with Crippen LogP contribution in [0.2, 0.25) is 0 Å². The molecule has 0 spiro atoms. The van der Waals surface area contributed by atoms with Gasteiger partial charge >= 0.3 is 0 Å². The van der Waals surface area contributed by atoms with Crippen molar-refractivity contribution >= 4 is 60.7 Å². The Bertz CT molecular complexity index is 2900. The Hall–Kier alpha value is -6.84. The van der Waals surface area contributed by atoms with Crippen molar-refractivity contribution in [2.45, 2.75) is 0 Å². The summed E-state index contributed by atoms with van der Waals surface area (Å²) in [4.78, 5) is 2.47. The lowest BCUT2D eigenvalue weighted by molar-refractivity contribution is 1.11. The van der Waals surface area contributed by atoms with Gasteiger partial charge in [0.15, 0.2) is 0 Å². The van der Waals surface area contributed by atoms with Crippen molar-refractivity contribution in [1.29, 1.82) is 0 Å². The van der Waals surface area contributed by atoms with Crippen molar-refractivity contribution in [3.63, 3.8) is 0 Å². The third kappa shape index (κ3) is 4.06. The molecule has 1 aliphatic rings. The number of aromatic nitrogens is 2. The van der Waals surface area contributed by atoms with Crippen molar-refractivity contribution in [1.82, 2.24) is 9.13 Å². The van der Waals surface area contributed by atoms with Gasteiger partial charge in [-0.15, -0.1) is 0 Å². The van der Waals surface area contributed by atoms with Crippen molar-refractivity contribution in [3.05, 3.63) is 188 Å². The second kappa shape index (κ2) is 10.8. The molecule has 0 aliphatic carbocycles. The zero-order valence-corrected chi connectivity index (χ0v) is 27.7. The molecule has 0 saturated heterocycles. The third-order valence-electron chi connectivity index (χ3n) is 10.6. The molecule has 0 amide bonds. The minimum atomic E-state index is 1.13. The van der Waals surface area contributed by atoms with Crippen LogP contribution in [0.3, 0.4) is 0 Å². The largest absolute Gasteiger partial charge is 0.309 e. The van der Waals surface area contributed by atoms with E-state index >= 15 is 0 Å². The normalized spacial score (nSPS) is 12.3. The fraction of sp³-hybridized carbons (Fsp3) is 0. The van der Waals surface area contributed by atoms with E-state index in [0.717, 1.165) is 17.1 Å². The maximum Gasteiger partial charge on any atom is 0.0784 e. The average molecular weight is 650 g/mol. The van der Waals surface area contributed by atoms with Crippen LogP contribution in [-0.4, -0.2) is 9.13 Å². The molecular formula is C48H31N3. The van der Waals surface area contributed by atoms with Crippen LogP contribution in [0.15, 0.2) is 188 Å². The first-order chi connectivity index (χ1) is 25.3. The Morgan fingerprint density at radius 1 is 0.294 bits per heavy atom. The highest BCUT2D eigenvalue weighted by atomic mass is 15.2. The molecule has 0 radical (unpaired) electrons. The standard InChI is InChI=1S/C48H31N3/c1-4-15-32(16-5-1)34-29-35(33-17-6-2-7-18-33)31-37(30-34)49-42-24-12-13-25-43(42)51-44-28-27-39-38-21-10-11-23-41(38)50(36-19-8-3-9-20-36)48(39)46(44)40-22-14-26-45(49)47(40)51/h1-31H. The Labute approximate surface area is 295 Å². The summed E-state index contributed by atoms with van der Waals surface area (Å²) in [5.41, 5.74) is 15.5. The summed E-state index contributed by atoms with van der Waals surface area (Å²) in [7, 11) is 0. The van der Waals surface area contributed by atoms with Gasteiger partial charge < -0.3 is 14.0 Å². The van der Waals surface area contributed by atoms with E-state index in [1.807, 2.05) is 0 Å². The predicted octanol–water partition coefficient (Wildman–Crippen LogP) is 13.0. The highest BCUT2D eigenvalue weighted by Gasteiger charge is 2.30. The second-order valence-electron chi connectivity index (χ2n) is 13.4. The van der Waals surface area contributed by atoms with E-state index in [4.69, 9.17) is 0 Å². The number of fused-ring (bicyclic) bond motifs is 9. The maximum atomic E-state index is 2.50. The lowest BCUT2D eigenvalue weighted by Crippen LogP contribution is -2.18. The average Bonchev–Trinajstić information content (AvgIpc) is 3.73. The van der Waals surface area contributed by atoms with Crippen LogP contribution in [0.4, 0.5) is 17.1 Å². The van der Waals surface area contributed by atoms with Crippen LogP contribution in [0, 0.1) is 0 Å². The number of hydrogen-bond donors (Lipinski definition) is 0. The zero-order valence-electron chi connectivity index (χ0n) is 27.7. The molecule has 3 heteroatoms. The van der Waals surface area contributed by atoms with E-state index in [1.54, 1.807) is 0 Å². The first-order valence-electron chi connectivity index (χ1n) is 17.5. The minimum absolute atomic E-state index is 1.13. The Morgan fingerprint density at radius 2 is 0.882 bits per heavy atom. The number of para-hydroxylation sites is 5. The summed E-state index contributed by atoms with van der Waals surface area (Å²) in [6, 6.07) is 68.4. The van der Waals surface area contributed by atoms with Gasteiger partial charge in [-0.25, -0.2) is 0 Å². The zero-order chi connectivity index (χ0) is 33.5. The van der Waals surface area contributed by atoms with E-state index in [-0.39, 0.29) is 0 Å². The lowest BCUT2D eigenvalue weighted by atomic mass is 9.97. The van der Waals surface area contributed by atoms with Gasteiger partial charge in [0, 0.05) is 32.9 Å². The maximum absolute atomic E-state index is 2.50. The molecule has 1 aliphatic heterocycles. The Morgan fingerprint density at radius 3 is 1.61 bits per heavy atom. The van der Waals surface area contributed by atoms with Crippen molar-refractivity contribution in [2.75, 3.05) is 4.90 Å². The summed E-state index contributed by atoms with van der Waals surface area (Å²) >= 11 is 0. The molecule has 51 heavy (non-hydrogen) atoms. The highest BCUT2D eigenvalue weighted by Crippen LogP contribution is 2.52. The quantitative estimate of drug-likeness (QED) is 0.185. The van der Waals surface area contributed by atoms with Crippen LogP contribution in [0.25, 0.3) is 77.2 Å². The number of nitrogens with zero attached hydrogens (tertiary/aromatic N) is 3. The minimum Gasteiger partial charge on any atom is -0.309 e. The smallest absolute Gasteiger partial charge is 0.0784 e. The number of hydrogen-bond acceptors (Lipinski definition) is 1. The second-order valence-corrected chi connectivity index (χ2v) is 13.4. The summed E-state index contributed by atoms with van der Waals surface area (Å²) in [6.07, 6.45) is 0. The molecule has 2 aromatic heterocycles. The van der Waals surface area contributed by atoms with E-state index in [9.17, 15) is 0 Å². The van der Waals surface area contributed by atoms with Crippen molar-refractivity contribution in [3.8, 4) is 33.6 Å². The summed E-state index contributed by atoms with van der Waals surface area (Å²) < 4.78 is 4.96. The predicted molar refractivity (Wildman–Crippen MR) is 214 cm³/mol. The molecule has 3 heterocycles. The molecule has 238 valence electrons. The lowest BCUT2D eigenvalue weighted by Gasteiger charge is -2.33. The van der Waals surface area contributed by atoms with Crippen LogP contribution in [0.5, 0.6) is 0 Å². The third-order valence-corrected chi connectivity index (χ3v) is 10.6. The summed E-state index contributed by atoms with van der Waals surface area (Å²) in [6.45, 7) is 0. The van der Waals surface area contributed by atoms with Gasteiger partial charge in [-0.3, -0.25) is 0 Å². The van der Waals surface area contributed by atoms with Gasteiger partial charge in [-0.2, -0.15) is 0 Å². The molecule has 0 unspecified atom stereocenters. The molecule has 11 rings (SSSR count). The van der Waals surface area contributed by atoms with Crippen LogP contribution in [-0.2, 0) is 0 Å². The molecule has 0 N–H and O–H groups in total.